The molecule has 5 nitrogen and oxygen atoms in total. The number of amides is 2. The summed E-state index contributed by atoms with van der Waals surface area (Å²) in [6, 6.07) is 0. The Morgan fingerprint density at radius 1 is 0.550 bits per heavy atom. The fraction of sp³-hybridized carbons (Fsp3) is 0.862. The molecular formula is C29H51F6N3O2. The van der Waals surface area contributed by atoms with E-state index in [1.807, 2.05) is 10.6 Å². The Hall–Kier alpha value is -1.78. The molecule has 0 atom stereocenters. The molecule has 0 bridgehead atoms. The zero-order valence-electron chi connectivity index (χ0n) is 24.2. The molecule has 40 heavy (non-hydrogen) atoms. The molecule has 0 fully saturated rings. The lowest BCUT2D eigenvalue weighted by molar-refractivity contribution is -0.173. The highest BCUT2D eigenvalue weighted by atomic mass is 19.4. The molecule has 0 saturated heterocycles. The van der Waals surface area contributed by atoms with Crippen molar-refractivity contribution in [2.75, 3.05) is 32.7 Å². The van der Waals surface area contributed by atoms with Gasteiger partial charge in [-0.1, -0.05) is 76.9 Å². The lowest BCUT2D eigenvalue weighted by Gasteiger charge is -2.22. The van der Waals surface area contributed by atoms with Gasteiger partial charge in [0.15, 0.2) is 0 Å². The maximum absolute atomic E-state index is 12.3. The quantitative estimate of drug-likeness (QED) is 0.0650. The van der Waals surface area contributed by atoms with Crippen molar-refractivity contribution < 1.29 is 35.9 Å². The van der Waals surface area contributed by atoms with Crippen LogP contribution in [0.15, 0.2) is 12.2 Å². The van der Waals surface area contributed by atoms with Gasteiger partial charge in [0.2, 0.25) is 0 Å². The molecule has 0 aromatic carbocycles. The standard InChI is InChI=1S/C29H51F6N3O2/c1-2-3-4-5-6-7-8-9-10-11-12-13-14-15-16-18-23-38(25-20-22-37-27(40)29(33,34)35)24-19-17-21-36-26(39)28(30,31)32/h9-10H,2-8,11-25H2,1H3,(H,36,39)(H,37,40)/b10-9-. The molecule has 236 valence electrons. The SMILES string of the molecule is CCCCCCCC/C=C\CCCCCCCCN(CCCCNC(=O)C(F)(F)F)CCCNC(=O)C(F)(F)F. The van der Waals surface area contributed by atoms with E-state index in [0.717, 1.165) is 38.6 Å². The predicted molar refractivity (Wildman–Crippen MR) is 148 cm³/mol. The first kappa shape index (κ1) is 38.2. The maximum Gasteiger partial charge on any atom is 0.471 e. The number of carbonyl (C=O) groups excluding carboxylic acids is 2. The van der Waals surface area contributed by atoms with Crippen LogP contribution in [0.25, 0.3) is 0 Å². The van der Waals surface area contributed by atoms with Crippen molar-refractivity contribution in [3.8, 4) is 0 Å². The molecular weight excluding hydrogens is 536 g/mol. The minimum atomic E-state index is -4.91. The van der Waals surface area contributed by atoms with Crippen LogP contribution < -0.4 is 10.6 Å². The van der Waals surface area contributed by atoms with E-state index in [-0.39, 0.29) is 13.1 Å². The van der Waals surface area contributed by atoms with Gasteiger partial charge in [0.25, 0.3) is 0 Å². The second-order valence-electron chi connectivity index (χ2n) is 10.3. The second kappa shape index (κ2) is 23.9. The number of rotatable bonds is 25. The molecule has 11 heteroatoms. The molecule has 0 heterocycles. The number of unbranched alkanes of at least 4 members (excludes halogenated alkanes) is 13. The summed E-state index contributed by atoms with van der Waals surface area (Å²) in [5, 5.41) is 3.69. The molecule has 0 radical (unpaired) electrons. The first-order chi connectivity index (χ1) is 19.0. The van der Waals surface area contributed by atoms with Crippen LogP contribution in [0.4, 0.5) is 26.3 Å². The van der Waals surface area contributed by atoms with Gasteiger partial charge in [-0.2, -0.15) is 26.3 Å². The first-order valence-electron chi connectivity index (χ1n) is 15.1. The summed E-state index contributed by atoms with van der Waals surface area (Å²) in [7, 11) is 0. The number of allylic oxidation sites excluding steroid dienone is 2. The van der Waals surface area contributed by atoms with E-state index in [1.165, 1.54) is 57.8 Å². The summed E-state index contributed by atoms with van der Waals surface area (Å²) in [5.41, 5.74) is 0. The van der Waals surface area contributed by atoms with Crippen molar-refractivity contribution in [1.29, 1.82) is 0 Å². The summed E-state index contributed by atoms with van der Waals surface area (Å²) in [5.74, 6) is -3.93. The monoisotopic (exact) mass is 587 g/mol. The van der Waals surface area contributed by atoms with Gasteiger partial charge in [0, 0.05) is 13.1 Å². The number of hydrogen-bond donors (Lipinski definition) is 2. The minimum absolute atomic E-state index is 0.0952. The third-order valence-electron chi connectivity index (χ3n) is 6.62. The normalized spacial score (nSPS) is 12.4. The second-order valence-corrected chi connectivity index (χ2v) is 10.3. The Morgan fingerprint density at radius 2 is 0.925 bits per heavy atom. The topological polar surface area (TPSA) is 61.4 Å². The third kappa shape index (κ3) is 24.1. The van der Waals surface area contributed by atoms with E-state index < -0.39 is 24.2 Å². The number of nitrogens with zero attached hydrogens (tertiary/aromatic N) is 1. The van der Waals surface area contributed by atoms with Gasteiger partial charge >= 0.3 is 24.2 Å². The lowest BCUT2D eigenvalue weighted by atomic mass is 10.1. The van der Waals surface area contributed by atoms with Crippen molar-refractivity contribution in [2.45, 2.75) is 128 Å². The van der Waals surface area contributed by atoms with Gasteiger partial charge in [0.1, 0.15) is 0 Å². The average molecular weight is 588 g/mol. The first-order valence-corrected chi connectivity index (χ1v) is 15.1. The number of halogens is 6. The summed E-state index contributed by atoms with van der Waals surface area (Å²) in [4.78, 5) is 23.9. The van der Waals surface area contributed by atoms with Crippen molar-refractivity contribution in [3.63, 3.8) is 0 Å². The molecule has 0 aromatic rings. The summed E-state index contributed by atoms with van der Waals surface area (Å²) in [6.45, 7) is 3.78. The molecule has 2 N–H and O–H groups in total. The molecule has 0 aliphatic carbocycles. The van der Waals surface area contributed by atoms with Crippen LogP contribution in [-0.2, 0) is 9.59 Å². The van der Waals surface area contributed by atoms with E-state index in [9.17, 15) is 35.9 Å². The molecule has 0 saturated carbocycles. The van der Waals surface area contributed by atoms with Gasteiger partial charge in [-0.3, -0.25) is 9.59 Å². The molecule has 0 aliphatic heterocycles. The molecule has 2 amide bonds. The summed E-state index contributed by atoms with van der Waals surface area (Å²) in [6.07, 6.45) is 12.7. The Morgan fingerprint density at radius 3 is 1.40 bits per heavy atom. The zero-order chi connectivity index (χ0) is 30.1. The highest BCUT2D eigenvalue weighted by Gasteiger charge is 2.38. The van der Waals surface area contributed by atoms with Gasteiger partial charge in [-0.25, -0.2) is 0 Å². The zero-order valence-corrected chi connectivity index (χ0v) is 24.2. The molecule has 0 rings (SSSR count). The Labute approximate surface area is 236 Å². The van der Waals surface area contributed by atoms with Crippen molar-refractivity contribution in [3.05, 3.63) is 12.2 Å². The Bertz CT molecular complexity index is 669. The van der Waals surface area contributed by atoms with E-state index >= 15 is 0 Å². The van der Waals surface area contributed by atoms with Gasteiger partial charge in [0.05, 0.1) is 0 Å². The van der Waals surface area contributed by atoms with E-state index in [0.29, 0.717) is 32.4 Å². The van der Waals surface area contributed by atoms with Crippen LogP contribution in [-0.4, -0.2) is 61.8 Å². The van der Waals surface area contributed by atoms with Crippen LogP contribution >= 0.6 is 0 Å². The number of carbonyl (C=O) groups is 2. The van der Waals surface area contributed by atoms with Crippen LogP contribution in [0.3, 0.4) is 0 Å². The Balaban J connectivity index is 4.07. The fourth-order valence-electron chi connectivity index (χ4n) is 4.29. The lowest BCUT2D eigenvalue weighted by Crippen LogP contribution is -2.38. The van der Waals surface area contributed by atoms with Crippen LogP contribution in [0.5, 0.6) is 0 Å². The maximum atomic E-state index is 12.3. The van der Waals surface area contributed by atoms with Crippen LogP contribution in [0, 0.1) is 0 Å². The predicted octanol–water partition coefficient (Wildman–Crippen LogP) is 7.85. The number of hydrogen-bond acceptors (Lipinski definition) is 3. The van der Waals surface area contributed by atoms with Crippen LogP contribution in [0.2, 0.25) is 0 Å². The van der Waals surface area contributed by atoms with Gasteiger partial charge in [-0.15, -0.1) is 0 Å². The molecule has 0 aliphatic rings. The number of nitrogens with one attached hydrogen (secondary N) is 2. The molecule has 0 unspecified atom stereocenters. The smallest absolute Gasteiger partial charge is 0.348 e. The molecule has 0 aromatic heterocycles. The van der Waals surface area contributed by atoms with E-state index in [1.54, 1.807) is 0 Å². The largest absolute Gasteiger partial charge is 0.471 e. The van der Waals surface area contributed by atoms with Crippen molar-refractivity contribution in [2.24, 2.45) is 0 Å². The van der Waals surface area contributed by atoms with E-state index in [4.69, 9.17) is 0 Å². The molecule has 0 spiro atoms. The Kier molecular flexibility index (Phi) is 22.8. The fourth-order valence-corrected chi connectivity index (χ4v) is 4.29. The highest BCUT2D eigenvalue weighted by Crippen LogP contribution is 2.15. The van der Waals surface area contributed by atoms with Crippen molar-refractivity contribution in [1.82, 2.24) is 15.5 Å². The van der Waals surface area contributed by atoms with Crippen molar-refractivity contribution >= 4 is 11.8 Å². The van der Waals surface area contributed by atoms with Crippen LogP contribution in [0.1, 0.15) is 116 Å². The summed E-state index contributed by atoms with van der Waals surface area (Å²) >= 11 is 0. The van der Waals surface area contributed by atoms with E-state index in [2.05, 4.69) is 24.0 Å². The van der Waals surface area contributed by atoms with Gasteiger partial charge < -0.3 is 15.5 Å². The number of alkyl halides is 6. The van der Waals surface area contributed by atoms with Gasteiger partial charge in [-0.05, 0) is 71.0 Å². The summed E-state index contributed by atoms with van der Waals surface area (Å²) < 4.78 is 73.7. The average Bonchev–Trinajstić information content (AvgIpc) is 2.88. The highest BCUT2D eigenvalue weighted by molar-refractivity contribution is 5.81. The third-order valence-corrected chi connectivity index (χ3v) is 6.62. The minimum Gasteiger partial charge on any atom is -0.348 e.